The van der Waals surface area contributed by atoms with Crippen LogP contribution in [0.1, 0.15) is 29.0 Å². The molecule has 2 fully saturated rings. The van der Waals surface area contributed by atoms with Crippen molar-refractivity contribution in [3.63, 3.8) is 0 Å². The minimum atomic E-state index is -0.195. The number of furan rings is 1. The topological polar surface area (TPSA) is 79.6 Å². The maximum Gasteiger partial charge on any atom is 0.254 e. The van der Waals surface area contributed by atoms with Crippen LogP contribution in [0, 0.1) is 30.6 Å². The van der Waals surface area contributed by atoms with Crippen molar-refractivity contribution in [2.75, 3.05) is 13.1 Å². The molecule has 3 amide bonds. The molecule has 0 unspecified atom stereocenters. The molecule has 0 aromatic carbocycles. The van der Waals surface area contributed by atoms with Crippen LogP contribution in [0.5, 0.6) is 0 Å². The number of carbonyl (C=O) groups excluding carboxylic acids is 3. The third-order valence-electron chi connectivity index (χ3n) is 5.51. The van der Waals surface area contributed by atoms with Crippen molar-refractivity contribution in [1.29, 1.82) is 0 Å². The van der Waals surface area contributed by atoms with Gasteiger partial charge in [0.1, 0.15) is 5.76 Å². The lowest BCUT2D eigenvalue weighted by Gasteiger charge is -2.17. The SMILES string of the molecule is Cc1occc1C(=O)NCCCN1C(=O)[C@H]2[C@H](C1=O)[C@H]1C=C[C@H]2C1. The highest BCUT2D eigenvalue weighted by atomic mass is 16.3. The maximum absolute atomic E-state index is 12.5. The first-order chi connectivity index (χ1) is 11.6. The number of carbonyl (C=O) groups is 3. The molecule has 24 heavy (non-hydrogen) atoms. The molecule has 4 atom stereocenters. The maximum atomic E-state index is 12.5. The number of allylic oxidation sites excluding steroid dienone is 2. The van der Waals surface area contributed by atoms with E-state index in [1.807, 2.05) is 0 Å². The molecule has 1 N–H and O–H groups in total. The minimum absolute atomic E-state index is 0.0288. The fourth-order valence-electron chi connectivity index (χ4n) is 4.34. The summed E-state index contributed by atoms with van der Waals surface area (Å²) in [5.74, 6) is 0.520. The third kappa shape index (κ3) is 2.20. The molecule has 4 rings (SSSR count). The van der Waals surface area contributed by atoms with Crippen LogP contribution in [0.25, 0.3) is 0 Å². The van der Waals surface area contributed by atoms with E-state index in [1.165, 1.54) is 11.2 Å². The van der Waals surface area contributed by atoms with Gasteiger partial charge in [0.15, 0.2) is 0 Å². The van der Waals surface area contributed by atoms with Crippen LogP contribution in [0.3, 0.4) is 0 Å². The molecular weight excluding hydrogens is 308 g/mol. The Morgan fingerprint density at radius 2 is 1.92 bits per heavy atom. The summed E-state index contributed by atoms with van der Waals surface area (Å²) in [4.78, 5) is 38.4. The molecule has 0 spiro atoms. The second-order valence-corrected chi connectivity index (χ2v) is 6.83. The molecule has 1 aromatic heterocycles. The Labute approximate surface area is 139 Å². The Bertz CT molecular complexity index is 705. The van der Waals surface area contributed by atoms with Crippen molar-refractivity contribution in [2.24, 2.45) is 23.7 Å². The molecule has 1 aliphatic heterocycles. The van der Waals surface area contributed by atoms with Gasteiger partial charge in [-0.2, -0.15) is 0 Å². The number of amides is 3. The van der Waals surface area contributed by atoms with Crippen molar-refractivity contribution in [2.45, 2.75) is 19.8 Å². The van der Waals surface area contributed by atoms with Crippen LogP contribution in [0.15, 0.2) is 28.9 Å². The highest BCUT2D eigenvalue weighted by Gasteiger charge is 2.58. The molecule has 1 aromatic rings. The summed E-state index contributed by atoms with van der Waals surface area (Å²) in [7, 11) is 0. The minimum Gasteiger partial charge on any atom is -0.469 e. The van der Waals surface area contributed by atoms with Gasteiger partial charge in [0, 0.05) is 13.1 Å². The normalized spacial score (nSPS) is 30.3. The molecule has 6 nitrogen and oxygen atoms in total. The molecule has 1 saturated heterocycles. The number of hydrogen-bond acceptors (Lipinski definition) is 4. The van der Waals surface area contributed by atoms with Gasteiger partial charge >= 0.3 is 0 Å². The lowest BCUT2D eigenvalue weighted by atomic mass is 9.85. The zero-order valence-electron chi connectivity index (χ0n) is 13.5. The van der Waals surface area contributed by atoms with E-state index in [9.17, 15) is 14.4 Å². The Morgan fingerprint density at radius 3 is 2.50 bits per heavy atom. The first-order valence-corrected chi connectivity index (χ1v) is 8.44. The van der Waals surface area contributed by atoms with E-state index in [0.29, 0.717) is 30.8 Å². The van der Waals surface area contributed by atoms with E-state index in [1.54, 1.807) is 13.0 Å². The summed E-state index contributed by atoms with van der Waals surface area (Å²) in [5.41, 5.74) is 0.514. The van der Waals surface area contributed by atoms with Gasteiger partial charge in [0.25, 0.3) is 5.91 Å². The number of nitrogens with one attached hydrogen (secondary N) is 1. The summed E-state index contributed by atoms with van der Waals surface area (Å²) in [6.45, 7) is 2.52. The molecule has 0 radical (unpaired) electrons. The van der Waals surface area contributed by atoms with Crippen LogP contribution in [-0.2, 0) is 9.59 Å². The van der Waals surface area contributed by atoms with Crippen molar-refractivity contribution in [3.05, 3.63) is 35.8 Å². The lowest BCUT2D eigenvalue weighted by Crippen LogP contribution is -2.35. The van der Waals surface area contributed by atoms with Gasteiger partial charge in [0.05, 0.1) is 23.7 Å². The van der Waals surface area contributed by atoms with Crippen molar-refractivity contribution in [3.8, 4) is 0 Å². The molecule has 1 saturated carbocycles. The zero-order valence-corrected chi connectivity index (χ0v) is 13.5. The van der Waals surface area contributed by atoms with Gasteiger partial charge in [-0.1, -0.05) is 12.2 Å². The van der Waals surface area contributed by atoms with E-state index in [-0.39, 0.29) is 41.4 Å². The van der Waals surface area contributed by atoms with E-state index < -0.39 is 0 Å². The van der Waals surface area contributed by atoms with Crippen molar-refractivity contribution < 1.29 is 18.8 Å². The van der Waals surface area contributed by atoms with Gasteiger partial charge < -0.3 is 9.73 Å². The lowest BCUT2D eigenvalue weighted by molar-refractivity contribution is -0.140. The standard InChI is InChI=1S/C18H20N2O4/c1-10-13(5-8-24-10)16(21)19-6-2-7-20-17(22)14-11-3-4-12(9-11)15(14)18(20)23/h3-5,8,11-12,14-15H,2,6-7,9H2,1H3,(H,19,21)/t11-,12-,14+,15+/m0/s1. The molecular formula is C18H20N2O4. The van der Waals surface area contributed by atoms with E-state index in [2.05, 4.69) is 17.5 Å². The highest BCUT2D eigenvalue weighted by Crippen LogP contribution is 2.52. The molecule has 2 aliphatic carbocycles. The third-order valence-corrected chi connectivity index (χ3v) is 5.51. The van der Waals surface area contributed by atoms with Crippen LogP contribution in [0.2, 0.25) is 0 Å². The largest absolute Gasteiger partial charge is 0.469 e. The fourth-order valence-corrected chi connectivity index (χ4v) is 4.34. The van der Waals surface area contributed by atoms with Crippen LogP contribution in [-0.4, -0.2) is 35.7 Å². The quantitative estimate of drug-likeness (QED) is 0.505. The second kappa shape index (κ2) is 5.61. The van der Waals surface area contributed by atoms with E-state index in [4.69, 9.17) is 4.42 Å². The first-order valence-electron chi connectivity index (χ1n) is 8.44. The number of imide groups is 1. The van der Waals surface area contributed by atoms with Crippen molar-refractivity contribution >= 4 is 17.7 Å². The molecule has 2 heterocycles. The van der Waals surface area contributed by atoms with Crippen LogP contribution < -0.4 is 5.32 Å². The van der Waals surface area contributed by atoms with Gasteiger partial charge in [0.2, 0.25) is 11.8 Å². The summed E-state index contributed by atoms with van der Waals surface area (Å²) in [6, 6.07) is 1.63. The number of hydrogen-bond donors (Lipinski definition) is 1. The molecule has 6 heteroatoms. The first kappa shape index (κ1) is 15.2. The second-order valence-electron chi connectivity index (χ2n) is 6.83. The zero-order chi connectivity index (χ0) is 16.8. The van der Waals surface area contributed by atoms with E-state index in [0.717, 1.165) is 6.42 Å². The van der Waals surface area contributed by atoms with E-state index >= 15 is 0 Å². The summed E-state index contributed by atoms with van der Waals surface area (Å²) >= 11 is 0. The predicted molar refractivity (Wildman–Crippen MR) is 84.8 cm³/mol. The van der Waals surface area contributed by atoms with Crippen LogP contribution >= 0.6 is 0 Å². The fraction of sp³-hybridized carbons (Fsp3) is 0.500. The number of likely N-dealkylation sites (tertiary alicyclic amines) is 1. The average Bonchev–Trinajstić information content (AvgIpc) is 3.31. The monoisotopic (exact) mass is 328 g/mol. The summed E-state index contributed by atoms with van der Waals surface area (Å²) in [5, 5.41) is 2.80. The Balaban J connectivity index is 1.30. The molecule has 2 bridgehead atoms. The number of fused-ring (bicyclic) bond motifs is 5. The van der Waals surface area contributed by atoms with Gasteiger partial charge in [-0.25, -0.2) is 0 Å². The Morgan fingerprint density at radius 1 is 1.25 bits per heavy atom. The number of nitrogens with zero attached hydrogens (tertiary/aromatic N) is 1. The number of rotatable bonds is 5. The average molecular weight is 328 g/mol. The van der Waals surface area contributed by atoms with Gasteiger partial charge in [-0.05, 0) is 37.7 Å². The van der Waals surface area contributed by atoms with Gasteiger partial charge in [-0.3, -0.25) is 19.3 Å². The molecule has 3 aliphatic rings. The highest BCUT2D eigenvalue weighted by molar-refractivity contribution is 6.06. The smallest absolute Gasteiger partial charge is 0.254 e. The molecule has 126 valence electrons. The summed E-state index contributed by atoms with van der Waals surface area (Å²) in [6.07, 6.45) is 7.16. The summed E-state index contributed by atoms with van der Waals surface area (Å²) < 4.78 is 5.11. The predicted octanol–water partition coefficient (Wildman–Crippen LogP) is 1.52. The van der Waals surface area contributed by atoms with Crippen molar-refractivity contribution in [1.82, 2.24) is 10.2 Å². The number of aryl methyl sites for hydroxylation is 1. The Hall–Kier alpha value is -2.37. The van der Waals surface area contributed by atoms with Gasteiger partial charge in [-0.15, -0.1) is 0 Å². The van der Waals surface area contributed by atoms with Crippen LogP contribution in [0.4, 0.5) is 0 Å². The Kier molecular flexibility index (Phi) is 3.55.